The number of carbonyl (C=O) groups excluding carboxylic acids is 2. The number of nitrogens with one attached hydrogen (secondary N) is 1. The molecule has 1 N–H and O–H groups in total. The summed E-state index contributed by atoms with van der Waals surface area (Å²) in [7, 11) is 0. The lowest BCUT2D eigenvalue weighted by molar-refractivity contribution is 0.0586. The molecule has 0 radical (unpaired) electrons. The molecule has 2 aromatic carbocycles. The minimum Gasteiger partial charge on any atom is -0.324 e. The number of rotatable bonds is 2. The minimum atomic E-state index is -0.258. The summed E-state index contributed by atoms with van der Waals surface area (Å²) in [5.41, 5.74) is 3.64. The molecular weight excluding hydrogens is 418 g/mol. The molecule has 0 bridgehead atoms. The molecule has 4 rings (SSSR count). The van der Waals surface area contributed by atoms with Gasteiger partial charge < -0.3 is 15.1 Å². The maximum atomic E-state index is 13.2. The van der Waals surface area contributed by atoms with Crippen LogP contribution in [0.2, 0.25) is 5.02 Å². The molecule has 2 aromatic rings. The van der Waals surface area contributed by atoms with Crippen LogP contribution in [0.25, 0.3) is 0 Å². The zero-order chi connectivity index (χ0) is 21.3. The van der Waals surface area contributed by atoms with E-state index in [1.807, 2.05) is 65.7 Å². The second kappa shape index (κ2) is 8.52. The number of amides is 3. The topological polar surface area (TPSA) is 52.7 Å². The van der Waals surface area contributed by atoms with E-state index in [-0.39, 0.29) is 16.8 Å². The first-order valence-corrected chi connectivity index (χ1v) is 11.6. The Hall–Kier alpha value is -2.18. The third-order valence-electron chi connectivity index (χ3n) is 6.21. The number of hydrogen-bond donors (Lipinski definition) is 1. The van der Waals surface area contributed by atoms with Gasteiger partial charge in [-0.3, -0.25) is 4.79 Å². The number of piperidine rings is 1. The van der Waals surface area contributed by atoms with E-state index in [0.717, 1.165) is 35.4 Å². The predicted octanol–water partition coefficient (Wildman–Crippen LogP) is 5.17. The Morgan fingerprint density at radius 2 is 1.77 bits per heavy atom. The second-order valence-electron chi connectivity index (χ2n) is 7.90. The normalized spacial score (nSPS) is 18.0. The fourth-order valence-electron chi connectivity index (χ4n) is 4.23. The van der Waals surface area contributed by atoms with E-state index in [4.69, 9.17) is 11.6 Å². The first-order chi connectivity index (χ1) is 14.4. The molecule has 0 aromatic heterocycles. The molecule has 2 saturated heterocycles. The van der Waals surface area contributed by atoms with Gasteiger partial charge in [-0.25, -0.2) is 4.79 Å². The van der Waals surface area contributed by atoms with Gasteiger partial charge in [-0.2, -0.15) is 0 Å². The van der Waals surface area contributed by atoms with Crippen LogP contribution in [0.3, 0.4) is 0 Å². The molecule has 5 nitrogen and oxygen atoms in total. The Morgan fingerprint density at radius 1 is 1.03 bits per heavy atom. The number of thioether (sulfide) groups is 1. The smallest absolute Gasteiger partial charge is 0.321 e. The molecule has 2 heterocycles. The first-order valence-electron chi connectivity index (χ1n) is 10.2. The van der Waals surface area contributed by atoms with E-state index in [0.29, 0.717) is 30.2 Å². The first kappa shape index (κ1) is 21.1. The van der Waals surface area contributed by atoms with Crippen molar-refractivity contribution in [2.75, 3.05) is 30.7 Å². The average Bonchev–Trinajstić information content (AvgIpc) is 3.14. The highest BCUT2D eigenvalue weighted by atomic mass is 35.5. The molecule has 2 aliphatic rings. The molecule has 2 fully saturated rings. The van der Waals surface area contributed by atoms with Gasteiger partial charge >= 0.3 is 6.03 Å². The number of halogens is 1. The standard InChI is InChI=1S/C23H26ClN3O2S/c1-16-6-5-9-20(17(16)2)25-22(29)26-12-10-23(11-13-26)27(14-15-30-23)21(28)18-7-3-4-8-19(18)24/h3-9H,10-15H2,1-2H3,(H,25,29). The molecule has 0 saturated carbocycles. The molecular formula is C23H26ClN3O2S. The van der Waals surface area contributed by atoms with Gasteiger partial charge in [-0.15, -0.1) is 11.8 Å². The van der Waals surface area contributed by atoms with Crippen molar-refractivity contribution in [2.24, 2.45) is 0 Å². The third kappa shape index (κ3) is 3.91. The van der Waals surface area contributed by atoms with Crippen LogP contribution < -0.4 is 5.32 Å². The van der Waals surface area contributed by atoms with Crippen LogP contribution in [0, 0.1) is 13.8 Å². The number of carbonyl (C=O) groups is 2. The molecule has 2 aliphatic heterocycles. The summed E-state index contributed by atoms with van der Waals surface area (Å²) >= 11 is 8.10. The number of likely N-dealkylation sites (tertiary alicyclic amines) is 1. The van der Waals surface area contributed by atoms with Crippen molar-refractivity contribution < 1.29 is 9.59 Å². The van der Waals surface area contributed by atoms with Crippen LogP contribution in [0.5, 0.6) is 0 Å². The van der Waals surface area contributed by atoms with Crippen LogP contribution in [0.15, 0.2) is 42.5 Å². The summed E-state index contributed by atoms with van der Waals surface area (Å²) < 4.78 is 0. The highest BCUT2D eigenvalue weighted by Crippen LogP contribution is 2.45. The molecule has 0 aliphatic carbocycles. The van der Waals surface area contributed by atoms with Gasteiger partial charge in [-0.05, 0) is 56.0 Å². The molecule has 30 heavy (non-hydrogen) atoms. The number of hydrogen-bond acceptors (Lipinski definition) is 3. The van der Waals surface area contributed by atoms with Crippen molar-refractivity contribution >= 4 is 41.0 Å². The van der Waals surface area contributed by atoms with Crippen molar-refractivity contribution in [3.63, 3.8) is 0 Å². The Kier molecular flexibility index (Phi) is 5.98. The number of nitrogens with zero attached hydrogens (tertiary/aromatic N) is 2. The van der Waals surface area contributed by atoms with Crippen molar-refractivity contribution in [1.82, 2.24) is 9.80 Å². The van der Waals surface area contributed by atoms with Gasteiger partial charge in [0, 0.05) is 31.1 Å². The summed E-state index contributed by atoms with van der Waals surface area (Å²) in [4.78, 5) is 29.6. The lowest BCUT2D eigenvalue weighted by Gasteiger charge is -2.44. The number of benzene rings is 2. The lowest BCUT2D eigenvalue weighted by atomic mass is 10.0. The van der Waals surface area contributed by atoms with Crippen LogP contribution in [-0.2, 0) is 0 Å². The zero-order valence-corrected chi connectivity index (χ0v) is 18.9. The Labute approximate surface area is 186 Å². The van der Waals surface area contributed by atoms with E-state index in [9.17, 15) is 9.59 Å². The largest absolute Gasteiger partial charge is 0.324 e. The van der Waals surface area contributed by atoms with E-state index in [1.165, 1.54) is 0 Å². The SMILES string of the molecule is Cc1cccc(NC(=O)N2CCC3(CC2)SCCN3C(=O)c2ccccc2Cl)c1C. The molecule has 0 atom stereocenters. The van der Waals surface area contributed by atoms with E-state index < -0.39 is 0 Å². The molecule has 1 spiro atoms. The van der Waals surface area contributed by atoms with Gasteiger partial charge in [-0.1, -0.05) is 35.9 Å². The van der Waals surface area contributed by atoms with Gasteiger partial charge in [0.1, 0.15) is 0 Å². The molecule has 3 amide bonds. The van der Waals surface area contributed by atoms with Crippen molar-refractivity contribution in [3.8, 4) is 0 Å². The third-order valence-corrected chi connectivity index (χ3v) is 8.09. The molecule has 7 heteroatoms. The number of aryl methyl sites for hydroxylation is 1. The quantitative estimate of drug-likeness (QED) is 0.696. The summed E-state index contributed by atoms with van der Waals surface area (Å²) in [5, 5.41) is 3.54. The summed E-state index contributed by atoms with van der Waals surface area (Å²) in [6.45, 7) is 6.01. The highest BCUT2D eigenvalue weighted by molar-refractivity contribution is 8.00. The summed E-state index contributed by atoms with van der Waals surface area (Å²) in [6.07, 6.45) is 1.52. The monoisotopic (exact) mass is 443 g/mol. The Morgan fingerprint density at radius 3 is 2.50 bits per heavy atom. The van der Waals surface area contributed by atoms with Crippen molar-refractivity contribution in [1.29, 1.82) is 0 Å². The molecule has 0 unspecified atom stereocenters. The molecule has 158 valence electrons. The van der Waals surface area contributed by atoms with Crippen molar-refractivity contribution in [3.05, 3.63) is 64.2 Å². The highest BCUT2D eigenvalue weighted by Gasteiger charge is 2.47. The maximum Gasteiger partial charge on any atom is 0.321 e. The van der Waals surface area contributed by atoms with E-state index >= 15 is 0 Å². The summed E-state index contributed by atoms with van der Waals surface area (Å²) in [6, 6.07) is 13.1. The van der Waals surface area contributed by atoms with Crippen LogP contribution >= 0.6 is 23.4 Å². The fraction of sp³-hybridized carbons (Fsp3) is 0.391. The van der Waals surface area contributed by atoms with Gasteiger partial charge in [0.05, 0.1) is 15.5 Å². The average molecular weight is 444 g/mol. The number of urea groups is 1. The Bertz CT molecular complexity index is 973. The van der Waals surface area contributed by atoms with Crippen LogP contribution in [0.4, 0.5) is 10.5 Å². The summed E-state index contributed by atoms with van der Waals surface area (Å²) in [5.74, 6) is 0.893. The van der Waals surface area contributed by atoms with Crippen LogP contribution in [-0.4, -0.2) is 52.0 Å². The van der Waals surface area contributed by atoms with Gasteiger partial charge in [0.25, 0.3) is 5.91 Å². The zero-order valence-electron chi connectivity index (χ0n) is 17.3. The second-order valence-corrected chi connectivity index (χ2v) is 9.76. The van der Waals surface area contributed by atoms with E-state index in [2.05, 4.69) is 5.32 Å². The van der Waals surface area contributed by atoms with E-state index in [1.54, 1.807) is 12.1 Å². The van der Waals surface area contributed by atoms with Gasteiger partial charge in [0.15, 0.2) is 0 Å². The maximum absolute atomic E-state index is 13.2. The minimum absolute atomic E-state index is 0.0149. The fourth-order valence-corrected chi connectivity index (χ4v) is 5.90. The van der Waals surface area contributed by atoms with Gasteiger partial charge in [0.2, 0.25) is 0 Å². The predicted molar refractivity (Wildman–Crippen MR) is 123 cm³/mol. The van der Waals surface area contributed by atoms with Crippen LogP contribution in [0.1, 0.15) is 34.3 Å². The lowest BCUT2D eigenvalue weighted by Crippen LogP contribution is -2.54. The number of anilines is 1. The Balaban J connectivity index is 1.44. The van der Waals surface area contributed by atoms with Crippen molar-refractivity contribution in [2.45, 2.75) is 31.6 Å².